The topological polar surface area (TPSA) is 47.4 Å². The number of halogens is 1. The highest BCUT2D eigenvalue weighted by Crippen LogP contribution is 2.40. The summed E-state index contributed by atoms with van der Waals surface area (Å²) >= 11 is 6.37. The van der Waals surface area contributed by atoms with E-state index in [0.29, 0.717) is 29.2 Å². The molecule has 6 heteroatoms. The molecule has 1 heterocycles. The Kier molecular flexibility index (Phi) is 5.45. The van der Waals surface area contributed by atoms with Gasteiger partial charge in [0.2, 0.25) is 11.8 Å². The second-order valence-electron chi connectivity index (χ2n) is 8.48. The molecule has 0 N–H and O–H groups in total. The maximum absolute atomic E-state index is 13.2. The zero-order valence-electron chi connectivity index (χ0n) is 17.6. The summed E-state index contributed by atoms with van der Waals surface area (Å²) in [6, 6.07) is 17.8. The Morgan fingerprint density at radius 2 is 1.81 bits per heavy atom. The number of carbonyl (C=O) groups is 1. The third kappa shape index (κ3) is 4.07. The van der Waals surface area contributed by atoms with Gasteiger partial charge in [0.1, 0.15) is 11.4 Å². The first-order valence-corrected chi connectivity index (χ1v) is 11.3. The Balaban J connectivity index is 1.55. The number of rotatable bonds is 7. The summed E-state index contributed by atoms with van der Waals surface area (Å²) in [4.78, 5) is 15.3. The predicted octanol–water partition coefficient (Wildman–Crippen LogP) is 5.82. The highest BCUT2D eigenvalue weighted by atomic mass is 35.5. The van der Waals surface area contributed by atoms with Gasteiger partial charge in [-0.05, 0) is 37.8 Å². The molecule has 0 spiro atoms. The summed E-state index contributed by atoms with van der Waals surface area (Å²) in [6.45, 7) is 0.498. The first-order chi connectivity index (χ1) is 15.1. The molecule has 2 aliphatic rings. The van der Waals surface area contributed by atoms with Crippen molar-refractivity contribution in [3.63, 3.8) is 0 Å². The Bertz CT molecular complexity index is 1090. The van der Waals surface area contributed by atoms with Crippen molar-refractivity contribution >= 4 is 17.5 Å². The van der Waals surface area contributed by atoms with E-state index in [4.69, 9.17) is 21.4 Å². The summed E-state index contributed by atoms with van der Waals surface area (Å²) in [7, 11) is 1.87. The molecule has 31 heavy (non-hydrogen) atoms. The number of ether oxygens (including phenoxy) is 1. The third-order valence-corrected chi connectivity index (χ3v) is 6.54. The fraction of sp³-hybridized carbons (Fsp3) is 0.360. The van der Waals surface area contributed by atoms with Crippen molar-refractivity contribution < 1.29 is 9.53 Å². The zero-order chi connectivity index (χ0) is 21.4. The summed E-state index contributed by atoms with van der Waals surface area (Å²) in [6.07, 6.45) is 5.30. The molecule has 1 aromatic heterocycles. The maximum Gasteiger partial charge on any atom is 0.226 e. The minimum atomic E-state index is 0.172. The molecule has 5 nitrogen and oxygen atoms in total. The van der Waals surface area contributed by atoms with Crippen LogP contribution in [-0.2, 0) is 18.4 Å². The number of aromatic nitrogens is 2. The normalized spacial score (nSPS) is 16.1. The Labute approximate surface area is 187 Å². The summed E-state index contributed by atoms with van der Waals surface area (Å²) < 4.78 is 8.04. The van der Waals surface area contributed by atoms with E-state index in [2.05, 4.69) is 4.90 Å². The minimum absolute atomic E-state index is 0.172. The molecule has 5 rings (SSSR count). The summed E-state index contributed by atoms with van der Waals surface area (Å²) in [5.74, 6) is 1.65. The average Bonchev–Trinajstić information content (AvgIpc) is 3.53. The maximum atomic E-state index is 13.2. The Hall–Kier alpha value is -2.79. The van der Waals surface area contributed by atoms with Crippen LogP contribution in [-0.4, -0.2) is 26.6 Å². The van der Waals surface area contributed by atoms with Crippen LogP contribution in [0, 0.1) is 5.92 Å². The van der Waals surface area contributed by atoms with Crippen LogP contribution < -0.4 is 4.74 Å². The van der Waals surface area contributed by atoms with E-state index in [0.717, 1.165) is 48.9 Å². The van der Waals surface area contributed by atoms with Crippen LogP contribution in [0.3, 0.4) is 0 Å². The van der Waals surface area contributed by atoms with Gasteiger partial charge in [0, 0.05) is 24.6 Å². The van der Waals surface area contributed by atoms with Gasteiger partial charge in [-0.15, -0.1) is 0 Å². The molecule has 0 bridgehead atoms. The second kappa shape index (κ2) is 8.39. The lowest BCUT2D eigenvalue weighted by Gasteiger charge is -2.32. The molecule has 0 saturated heterocycles. The molecule has 0 atom stereocenters. The molecular weight excluding hydrogens is 410 g/mol. The van der Waals surface area contributed by atoms with Crippen LogP contribution in [0.2, 0.25) is 5.02 Å². The van der Waals surface area contributed by atoms with E-state index in [9.17, 15) is 4.79 Å². The molecule has 2 fully saturated rings. The van der Waals surface area contributed by atoms with Crippen LogP contribution >= 0.6 is 11.6 Å². The highest BCUT2D eigenvalue weighted by molar-refractivity contribution is 6.32. The number of aryl methyl sites for hydroxylation is 1. The van der Waals surface area contributed by atoms with E-state index < -0.39 is 0 Å². The van der Waals surface area contributed by atoms with Crippen LogP contribution in [0.1, 0.15) is 37.7 Å². The fourth-order valence-electron chi connectivity index (χ4n) is 4.12. The van der Waals surface area contributed by atoms with Crippen LogP contribution in [0.15, 0.2) is 54.6 Å². The van der Waals surface area contributed by atoms with Crippen molar-refractivity contribution in [3.8, 4) is 22.9 Å². The molecule has 1 amide bonds. The summed E-state index contributed by atoms with van der Waals surface area (Å²) in [5.41, 5.74) is 2.78. The monoisotopic (exact) mass is 435 g/mol. The van der Waals surface area contributed by atoms with Crippen LogP contribution in [0.25, 0.3) is 11.3 Å². The number of amides is 1. The zero-order valence-corrected chi connectivity index (χ0v) is 18.4. The SMILES string of the molecule is Cn1nc(-c2ccccc2)c(CN(C(=O)C2CCC2)C2CC2)c1Oc1ccccc1Cl. The molecule has 0 radical (unpaired) electrons. The first kappa shape index (κ1) is 20.1. The van der Waals surface area contributed by atoms with Crippen LogP contribution in [0.5, 0.6) is 11.6 Å². The Morgan fingerprint density at radius 1 is 1.10 bits per heavy atom. The van der Waals surface area contributed by atoms with E-state index in [1.165, 1.54) is 0 Å². The van der Waals surface area contributed by atoms with E-state index in [1.807, 2.05) is 61.6 Å². The van der Waals surface area contributed by atoms with Crippen molar-refractivity contribution in [3.05, 3.63) is 65.2 Å². The molecule has 3 aromatic rings. The summed E-state index contributed by atoms with van der Waals surface area (Å²) in [5, 5.41) is 5.33. The van der Waals surface area contributed by atoms with Crippen LogP contribution in [0.4, 0.5) is 0 Å². The van der Waals surface area contributed by atoms with Gasteiger partial charge in [-0.2, -0.15) is 5.10 Å². The molecule has 2 aromatic carbocycles. The van der Waals surface area contributed by atoms with Gasteiger partial charge in [0.25, 0.3) is 0 Å². The van der Waals surface area contributed by atoms with Crippen molar-refractivity contribution in [1.82, 2.24) is 14.7 Å². The standard InChI is InChI=1S/C25H26ClN3O2/c1-28-25(31-22-13-6-5-12-21(22)26)20(23(27-28)17-8-3-2-4-9-17)16-29(19-14-15-19)24(30)18-10-7-11-18/h2-6,8-9,12-13,18-19H,7,10-11,14-16H2,1H3. The van der Waals surface area contributed by atoms with Gasteiger partial charge in [-0.1, -0.05) is 60.5 Å². The second-order valence-corrected chi connectivity index (χ2v) is 8.89. The Morgan fingerprint density at radius 3 is 2.45 bits per heavy atom. The van der Waals surface area contributed by atoms with Gasteiger partial charge in [-0.3, -0.25) is 4.79 Å². The van der Waals surface area contributed by atoms with E-state index in [-0.39, 0.29) is 11.8 Å². The van der Waals surface area contributed by atoms with Crippen molar-refractivity contribution in [2.24, 2.45) is 13.0 Å². The number of hydrogen-bond donors (Lipinski definition) is 0. The van der Waals surface area contributed by atoms with Crippen molar-refractivity contribution in [2.75, 3.05) is 0 Å². The lowest BCUT2D eigenvalue weighted by Crippen LogP contribution is -2.40. The number of benzene rings is 2. The fourth-order valence-corrected chi connectivity index (χ4v) is 4.29. The lowest BCUT2D eigenvalue weighted by atomic mass is 9.84. The van der Waals surface area contributed by atoms with Gasteiger partial charge in [0.15, 0.2) is 0 Å². The third-order valence-electron chi connectivity index (χ3n) is 6.23. The van der Waals surface area contributed by atoms with Crippen molar-refractivity contribution in [2.45, 2.75) is 44.7 Å². The van der Waals surface area contributed by atoms with Gasteiger partial charge in [0.05, 0.1) is 17.1 Å². The molecule has 2 saturated carbocycles. The van der Waals surface area contributed by atoms with Crippen molar-refractivity contribution in [1.29, 1.82) is 0 Å². The minimum Gasteiger partial charge on any atom is -0.437 e. The van der Waals surface area contributed by atoms with Gasteiger partial charge < -0.3 is 9.64 Å². The van der Waals surface area contributed by atoms with E-state index in [1.54, 1.807) is 4.68 Å². The van der Waals surface area contributed by atoms with Gasteiger partial charge >= 0.3 is 0 Å². The number of carbonyl (C=O) groups excluding carboxylic acids is 1. The van der Waals surface area contributed by atoms with Gasteiger partial charge in [-0.25, -0.2) is 4.68 Å². The molecule has 0 aliphatic heterocycles. The molecule has 160 valence electrons. The molecule has 0 unspecified atom stereocenters. The molecular formula is C25H26ClN3O2. The first-order valence-electron chi connectivity index (χ1n) is 11.0. The largest absolute Gasteiger partial charge is 0.437 e. The number of para-hydroxylation sites is 1. The highest BCUT2D eigenvalue weighted by Gasteiger charge is 2.39. The van der Waals surface area contributed by atoms with E-state index >= 15 is 0 Å². The smallest absolute Gasteiger partial charge is 0.226 e. The lowest BCUT2D eigenvalue weighted by molar-refractivity contribution is -0.139. The molecule has 2 aliphatic carbocycles. The number of nitrogens with zero attached hydrogens (tertiary/aromatic N) is 3. The predicted molar refractivity (Wildman–Crippen MR) is 121 cm³/mol. The number of hydrogen-bond acceptors (Lipinski definition) is 3. The quantitative estimate of drug-likeness (QED) is 0.469. The average molecular weight is 436 g/mol.